The van der Waals surface area contributed by atoms with E-state index >= 15 is 0 Å². The van der Waals surface area contributed by atoms with Crippen LogP contribution in [0.2, 0.25) is 0 Å². The summed E-state index contributed by atoms with van der Waals surface area (Å²) in [7, 11) is 1.76. The van der Waals surface area contributed by atoms with Gasteiger partial charge in [0.25, 0.3) is 5.88 Å². The molecule has 0 saturated carbocycles. The molecule has 0 saturated heterocycles. The molecule has 0 atom stereocenters. The summed E-state index contributed by atoms with van der Waals surface area (Å²) in [6.07, 6.45) is 1.54. The first-order valence-corrected chi connectivity index (χ1v) is 6.63. The van der Waals surface area contributed by atoms with E-state index in [1.165, 1.54) is 6.20 Å². The summed E-state index contributed by atoms with van der Waals surface area (Å²) in [4.78, 5) is 3.93. The van der Waals surface area contributed by atoms with Crippen LogP contribution in [-0.2, 0) is 6.54 Å². The molecule has 1 aromatic carbocycles. The van der Waals surface area contributed by atoms with Crippen molar-refractivity contribution in [1.29, 1.82) is 0 Å². The second kappa shape index (κ2) is 6.12. The molecule has 3 nitrogen and oxygen atoms in total. The zero-order chi connectivity index (χ0) is 13.8. The third-order valence-corrected chi connectivity index (χ3v) is 3.54. The maximum absolute atomic E-state index is 14.1. The number of rotatable bonds is 4. The fraction of sp³-hybridized carbons (Fsp3) is 0.214. The molecule has 2 rings (SSSR count). The fourth-order valence-electron chi connectivity index (χ4n) is 1.65. The first kappa shape index (κ1) is 14.0. The molecule has 100 valence electrons. The lowest BCUT2D eigenvalue weighted by Crippen LogP contribution is -2.08. The number of benzene rings is 1. The summed E-state index contributed by atoms with van der Waals surface area (Å²) >= 11 is 3.41. The molecule has 1 N–H and O–H groups in total. The van der Waals surface area contributed by atoms with Gasteiger partial charge < -0.3 is 10.1 Å². The number of nitrogens with zero attached hydrogens (tertiary/aromatic N) is 1. The van der Waals surface area contributed by atoms with Gasteiger partial charge in [-0.3, -0.25) is 0 Å². The van der Waals surface area contributed by atoms with Crippen molar-refractivity contribution in [3.05, 3.63) is 51.9 Å². The SMILES string of the molecule is CNCc1ccnc(Oc2ccc(Br)c(C)c2)c1F. The van der Waals surface area contributed by atoms with Crippen LogP contribution in [0.5, 0.6) is 11.6 Å². The van der Waals surface area contributed by atoms with Crippen LogP contribution < -0.4 is 10.1 Å². The highest BCUT2D eigenvalue weighted by atomic mass is 79.9. The Morgan fingerprint density at radius 2 is 2.16 bits per heavy atom. The highest BCUT2D eigenvalue weighted by Crippen LogP contribution is 2.27. The average molecular weight is 325 g/mol. The van der Waals surface area contributed by atoms with Gasteiger partial charge >= 0.3 is 0 Å². The lowest BCUT2D eigenvalue weighted by molar-refractivity contribution is 0.418. The molecule has 0 spiro atoms. The second-order valence-corrected chi connectivity index (χ2v) is 4.99. The van der Waals surface area contributed by atoms with Crippen LogP contribution in [0, 0.1) is 12.7 Å². The van der Waals surface area contributed by atoms with Crippen molar-refractivity contribution in [3.8, 4) is 11.6 Å². The van der Waals surface area contributed by atoms with Crippen molar-refractivity contribution in [2.24, 2.45) is 0 Å². The van der Waals surface area contributed by atoms with Crippen LogP contribution >= 0.6 is 15.9 Å². The van der Waals surface area contributed by atoms with E-state index in [1.807, 2.05) is 19.1 Å². The maximum Gasteiger partial charge on any atom is 0.256 e. The largest absolute Gasteiger partial charge is 0.436 e. The van der Waals surface area contributed by atoms with Crippen LogP contribution in [0.3, 0.4) is 0 Å². The van der Waals surface area contributed by atoms with E-state index < -0.39 is 5.82 Å². The van der Waals surface area contributed by atoms with Gasteiger partial charge in [0.1, 0.15) is 5.75 Å². The number of pyridine rings is 1. The van der Waals surface area contributed by atoms with Crippen molar-refractivity contribution in [1.82, 2.24) is 10.3 Å². The van der Waals surface area contributed by atoms with Gasteiger partial charge in [0.05, 0.1) is 0 Å². The molecule has 0 aliphatic heterocycles. The number of nitrogens with one attached hydrogen (secondary N) is 1. The number of hydrogen-bond donors (Lipinski definition) is 1. The van der Waals surface area contributed by atoms with Crippen molar-refractivity contribution in [2.75, 3.05) is 7.05 Å². The van der Waals surface area contributed by atoms with Crippen molar-refractivity contribution < 1.29 is 9.13 Å². The summed E-state index contributed by atoms with van der Waals surface area (Å²) in [5.41, 5.74) is 1.55. The van der Waals surface area contributed by atoms with Crippen LogP contribution in [-0.4, -0.2) is 12.0 Å². The molecule has 0 aliphatic carbocycles. The summed E-state index contributed by atoms with van der Waals surface area (Å²) in [6.45, 7) is 2.38. The van der Waals surface area contributed by atoms with Gasteiger partial charge in [-0.1, -0.05) is 15.9 Å². The quantitative estimate of drug-likeness (QED) is 0.928. The van der Waals surface area contributed by atoms with Crippen LogP contribution in [0.25, 0.3) is 0 Å². The van der Waals surface area contributed by atoms with E-state index in [4.69, 9.17) is 4.74 Å². The van der Waals surface area contributed by atoms with E-state index in [9.17, 15) is 4.39 Å². The normalized spacial score (nSPS) is 10.5. The summed E-state index contributed by atoms with van der Waals surface area (Å²) in [6, 6.07) is 7.09. The van der Waals surface area contributed by atoms with Gasteiger partial charge in [0.2, 0.25) is 0 Å². The Bertz CT molecular complexity index is 590. The van der Waals surface area contributed by atoms with Crippen molar-refractivity contribution in [2.45, 2.75) is 13.5 Å². The topological polar surface area (TPSA) is 34.2 Å². The molecule has 0 fully saturated rings. The summed E-state index contributed by atoms with van der Waals surface area (Å²) < 4.78 is 20.6. The zero-order valence-electron chi connectivity index (χ0n) is 10.7. The van der Waals surface area contributed by atoms with Gasteiger partial charge in [-0.25, -0.2) is 9.37 Å². The molecule has 0 amide bonds. The molecular formula is C14H14BrFN2O. The predicted octanol–water partition coefficient (Wildman–Crippen LogP) is 3.80. The number of ether oxygens (including phenoxy) is 1. The summed E-state index contributed by atoms with van der Waals surface area (Å²) in [5, 5.41) is 2.90. The van der Waals surface area contributed by atoms with Crippen molar-refractivity contribution in [3.63, 3.8) is 0 Å². The smallest absolute Gasteiger partial charge is 0.256 e. The Morgan fingerprint density at radius 1 is 1.37 bits per heavy atom. The monoisotopic (exact) mass is 324 g/mol. The standard InChI is InChI=1S/C14H14BrFN2O/c1-9-7-11(3-4-12(9)15)19-14-13(16)10(8-17-2)5-6-18-14/h3-7,17H,8H2,1-2H3. The van der Waals surface area contributed by atoms with E-state index in [2.05, 4.69) is 26.2 Å². The van der Waals surface area contributed by atoms with Gasteiger partial charge in [-0.15, -0.1) is 0 Å². The lowest BCUT2D eigenvalue weighted by atomic mass is 10.2. The average Bonchev–Trinajstić information content (AvgIpc) is 2.39. The van der Waals surface area contributed by atoms with Gasteiger partial charge in [0.15, 0.2) is 5.82 Å². The second-order valence-electron chi connectivity index (χ2n) is 4.13. The highest BCUT2D eigenvalue weighted by Gasteiger charge is 2.11. The maximum atomic E-state index is 14.1. The van der Waals surface area contributed by atoms with Gasteiger partial charge in [0, 0.05) is 22.8 Å². The molecule has 1 heterocycles. The van der Waals surface area contributed by atoms with E-state index in [-0.39, 0.29) is 5.88 Å². The highest BCUT2D eigenvalue weighted by molar-refractivity contribution is 9.10. The van der Waals surface area contributed by atoms with Crippen molar-refractivity contribution >= 4 is 15.9 Å². The molecule has 19 heavy (non-hydrogen) atoms. The summed E-state index contributed by atoms with van der Waals surface area (Å²) in [5.74, 6) is 0.126. The Morgan fingerprint density at radius 3 is 2.84 bits per heavy atom. The lowest BCUT2D eigenvalue weighted by Gasteiger charge is -2.09. The Hall–Kier alpha value is -1.46. The minimum absolute atomic E-state index is 0.00512. The van der Waals surface area contributed by atoms with Crippen LogP contribution in [0.1, 0.15) is 11.1 Å². The van der Waals surface area contributed by atoms with E-state index in [1.54, 1.807) is 19.2 Å². The van der Waals surface area contributed by atoms with Crippen LogP contribution in [0.15, 0.2) is 34.9 Å². The molecule has 2 aromatic rings. The Balaban J connectivity index is 2.27. The predicted molar refractivity (Wildman–Crippen MR) is 75.9 cm³/mol. The molecule has 0 bridgehead atoms. The first-order chi connectivity index (χ1) is 9.11. The number of halogens is 2. The first-order valence-electron chi connectivity index (χ1n) is 5.84. The van der Waals surface area contributed by atoms with Gasteiger partial charge in [-0.2, -0.15) is 0 Å². The van der Waals surface area contributed by atoms with Gasteiger partial charge in [-0.05, 0) is 43.8 Å². The third kappa shape index (κ3) is 3.30. The molecule has 1 aromatic heterocycles. The Kier molecular flexibility index (Phi) is 4.50. The van der Waals surface area contributed by atoms with Crippen LogP contribution in [0.4, 0.5) is 4.39 Å². The zero-order valence-corrected chi connectivity index (χ0v) is 12.3. The number of aromatic nitrogens is 1. The van der Waals surface area contributed by atoms with E-state index in [0.717, 1.165) is 10.0 Å². The number of hydrogen-bond acceptors (Lipinski definition) is 3. The molecule has 0 radical (unpaired) electrons. The van der Waals surface area contributed by atoms with E-state index in [0.29, 0.717) is 17.9 Å². The Labute approximate surface area is 119 Å². The fourth-order valence-corrected chi connectivity index (χ4v) is 1.90. The third-order valence-electron chi connectivity index (χ3n) is 2.65. The molecular weight excluding hydrogens is 311 g/mol. The number of aryl methyl sites for hydroxylation is 1. The minimum Gasteiger partial charge on any atom is -0.436 e. The molecule has 0 aliphatic rings. The minimum atomic E-state index is -0.433. The molecule has 5 heteroatoms. The molecule has 0 unspecified atom stereocenters.